The average Bonchev–Trinajstić information content (AvgIpc) is 2.26. The van der Waals surface area contributed by atoms with Gasteiger partial charge in [-0.3, -0.25) is 0 Å². The average molecular weight is 264 g/mol. The van der Waals surface area contributed by atoms with Gasteiger partial charge in [-0.15, -0.1) is 0 Å². The molecule has 3 N–H and O–H groups in total. The molecule has 0 aliphatic heterocycles. The van der Waals surface area contributed by atoms with Crippen molar-refractivity contribution in [1.82, 2.24) is 4.72 Å². The van der Waals surface area contributed by atoms with Gasteiger partial charge in [0.15, 0.2) is 0 Å². The molecule has 0 aromatic heterocycles. The summed E-state index contributed by atoms with van der Waals surface area (Å²) in [6.45, 7) is 8.41. The largest absolute Gasteiger partial charge is 0.378 e. The van der Waals surface area contributed by atoms with Gasteiger partial charge in [0.05, 0.1) is 11.4 Å². The van der Waals surface area contributed by atoms with Crippen molar-refractivity contribution in [3.63, 3.8) is 0 Å². The summed E-state index contributed by atoms with van der Waals surface area (Å²) in [4.78, 5) is 0. The number of ether oxygens (including phenoxy) is 1. The molecule has 1 rings (SSSR count). The van der Waals surface area contributed by atoms with E-state index in [1.54, 1.807) is 6.92 Å². The summed E-state index contributed by atoms with van der Waals surface area (Å²) in [7, 11) is -3.31. The second kappa shape index (κ2) is 5.22. The Morgan fingerprint density at radius 1 is 1.53 bits per heavy atom. The zero-order chi connectivity index (χ0) is 13.3. The third-order valence-corrected chi connectivity index (χ3v) is 5.58. The number of hydrogen-bond donors (Lipinski definition) is 2. The highest BCUT2D eigenvalue weighted by Gasteiger charge is 2.50. The Morgan fingerprint density at radius 3 is 2.53 bits per heavy atom. The van der Waals surface area contributed by atoms with Crippen LogP contribution in [-0.2, 0) is 14.8 Å². The molecule has 0 bridgehead atoms. The highest BCUT2D eigenvalue weighted by molar-refractivity contribution is 7.90. The van der Waals surface area contributed by atoms with E-state index in [0.717, 1.165) is 6.42 Å². The lowest BCUT2D eigenvalue weighted by molar-refractivity contribution is -0.108. The van der Waals surface area contributed by atoms with Gasteiger partial charge in [0, 0.05) is 24.6 Å². The predicted molar refractivity (Wildman–Crippen MR) is 68.2 cm³/mol. The first-order chi connectivity index (χ1) is 7.75. The van der Waals surface area contributed by atoms with E-state index in [-0.39, 0.29) is 24.1 Å². The van der Waals surface area contributed by atoms with Gasteiger partial charge in [-0.1, -0.05) is 13.8 Å². The van der Waals surface area contributed by atoms with Crippen LogP contribution in [0.1, 0.15) is 34.1 Å². The lowest BCUT2D eigenvalue weighted by atomic mass is 9.65. The van der Waals surface area contributed by atoms with E-state index in [1.165, 1.54) is 0 Å². The number of nitrogens with two attached hydrogens (primary N) is 1. The molecule has 1 aliphatic rings. The number of nitrogens with one attached hydrogen (secondary N) is 1. The molecular formula is C11H24N2O3S. The van der Waals surface area contributed by atoms with E-state index in [9.17, 15) is 8.42 Å². The maximum atomic E-state index is 11.9. The van der Waals surface area contributed by atoms with Crippen molar-refractivity contribution in [2.75, 3.05) is 13.2 Å². The van der Waals surface area contributed by atoms with Crippen LogP contribution < -0.4 is 10.5 Å². The van der Waals surface area contributed by atoms with E-state index >= 15 is 0 Å². The predicted octanol–water partition coefficient (Wildman–Crippen LogP) is 0.457. The molecule has 0 heterocycles. The summed E-state index contributed by atoms with van der Waals surface area (Å²) < 4.78 is 32.1. The molecule has 1 saturated carbocycles. The zero-order valence-corrected chi connectivity index (χ0v) is 11.9. The van der Waals surface area contributed by atoms with Gasteiger partial charge in [-0.2, -0.15) is 0 Å². The van der Waals surface area contributed by atoms with E-state index in [0.29, 0.717) is 6.61 Å². The fourth-order valence-corrected chi connectivity index (χ4v) is 3.29. The number of rotatable bonds is 6. The first-order valence-electron chi connectivity index (χ1n) is 6.08. The van der Waals surface area contributed by atoms with Crippen LogP contribution in [-0.4, -0.2) is 39.0 Å². The van der Waals surface area contributed by atoms with Crippen molar-refractivity contribution in [1.29, 1.82) is 0 Å². The zero-order valence-electron chi connectivity index (χ0n) is 11.1. The van der Waals surface area contributed by atoms with Gasteiger partial charge in [-0.05, 0) is 20.3 Å². The standard InChI is InChI=1S/C11H24N2O3S/c1-5-16-10-6-9(11(10,3)4)13-17(14,15)8(2)7-12/h8-10,13H,5-7,12H2,1-4H3. The lowest BCUT2D eigenvalue weighted by Gasteiger charge is -2.51. The minimum Gasteiger partial charge on any atom is -0.378 e. The summed E-state index contributed by atoms with van der Waals surface area (Å²) in [5.74, 6) is 0. The molecule has 0 saturated heterocycles. The third kappa shape index (κ3) is 2.99. The molecule has 1 aliphatic carbocycles. The Hall–Kier alpha value is -0.170. The van der Waals surface area contributed by atoms with E-state index in [4.69, 9.17) is 10.5 Å². The second-order valence-corrected chi connectivity index (χ2v) is 7.39. The fourth-order valence-electron chi connectivity index (χ4n) is 2.01. The van der Waals surface area contributed by atoms with Crippen LogP contribution in [0.2, 0.25) is 0 Å². The topological polar surface area (TPSA) is 81.4 Å². The summed E-state index contributed by atoms with van der Waals surface area (Å²) in [6.07, 6.45) is 0.866. The van der Waals surface area contributed by atoms with Crippen LogP contribution in [0.25, 0.3) is 0 Å². The Bertz CT molecular complexity index is 354. The van der Waals surface area contributed by atoms with E-state index in [1.807, 2.05) is 20.8 Å². The van der Waals surface area contributed by atoms with Crippen LogP contribution in [0.15, 0.2) is 0 Å². The van der Waals surface area contributed by atoms with Crippen molar-refractivity contribution < 1.29 is 13.2 Å². The Kier molecular flexibility index (Phi) is 4.57. The Morgan fingerprint density at radius 2 is 2.12 bits per heavy atom. The molecule has 0 aromatic rings. The monoisotopic (exact) mass is 264 g/mol. The van der Waals surface area contributed by atoms with Crippen molar-refractivity contribution in [3.05, 3.63) is 0 Å². The third-order valence-electron chi connectivity index (χ3n) is 3.71. The second-order valence-electron chi connectivity index (χ2n) is 5.26. The molecule has 1 fully saturated rings. The van der Waals surface area contributed by atoms with E-state index < -0.39 is 15.3 Å². The van der Waals surface area contributed by atoms with Crippen LogP contribution >= 0.6 is 0 Å². The van der Waals surface area contributed by atoms with Gasteiger partial charge in [-0.25, -0.2) is 13.1 Å². The normalized spacial score (nSPS) is 29.7. The van der Waals surface area contributed by atoms with Crippen molar-refractivity contribution in [3.8, 4) is 0 Å². The molecule has 0 amide bonds. The van der Waals surface area contributed by atoms with Gasteiger partial charge in [0.1, 0.15) is 0 Å². The lowest BCUT2D eigenvalue weighted by Crippen LogP contribution is -2.63. The van der Waals surface area contributed by atoms with Gasteiger partial charge < -0.3 is 10.5 Å². The molecule has 17 heavy (non-hydrogen) atoms. The molecule has 0 spiro atoms. The SMILES string of the molecule is CCOC1CC(NS(=O)(=O)C(C)CN)C1(C)C. The molecule has 6 heteroatoms. The van der Waals surface area contributed by atoms with Crippen molar-refractivity contribution >= 4 is 10.0 Å². The number of sulfonamides is 1. The van der Waals surface area contributed by atoms with Crippen molar-refractivity contribution in [2.24, 2.45) is 11.1 Å². The number of hydrogen-bond acceptors (Lipinski definition) is 4. The molecule has 102 valence electrons. The van der Waals surface area contributed by atoms with Gasteiger partial charge >= 0.3 is 0 Å². The smallest absolute Gasteiger partial charge is 0.215 e. The fraction of sp³-hybridized carbons (Fsp3) is 1.00. The Labute approximate surface area is 104 Å². The van der Waals surface area contributed by atoms with Gasteiger partial charge in [0.25, 0.3) is 0 Å². The molecule has 0 radical (unpaired) electrons. The summed E-state index contributed by atoms with van der Waals surface area (Å²) >= 11 is 0. The maximum absolute atomic E-state index is 11.9. The molecule has 0 aromatic carbocycles. The van der Waals surface area contributed by atoms with Crippen LogP contribution in [0.4, 0.5) is 0 Å². The molecule has 5 nitrogen and oxygen atoms in total. The summed E-state index contributed by atoms with van der Waals surface area (Å²) in [5, 5.41) is -0.551. The van der Waals surface area contributed by atoms with Crippen LogP contribution in [0, 0.1) is 5.41 Å². The Balaban J connectivity index is 2.62. The first-order valence-corrected chi connectivity index (χ1v) is 7.63. The van der Waals surface area contributed by atoms with Crippen molar-refractivity contribution in [2.45, 2.75) is 51.5 Å². The quantitative estimate of drug-likeness (QED) is 0.730. The maximum Gasteiger partial charge on any atom is 0.215 e. The summed E-state index contributed by atoms with van der Waals surface area (Å²) in [6, 6.07) is -0.0574. The molecule has 3 unspecified atom stereocenters. The highest BCUT2D eigenvalue weighted by atomic mass is 32.2. The first kappa shape index (κ1) is 14.9. The summed E-state index contributed by atoms with van der Waals surface area (Å²) in [5.41, 5.74) is 5.24. The minimum absolute atomic E-state index is 0.0574. The molecule has 3 atom stereocenters. The van der Waals surface area contributed by atoms with Gasteiger partial charge in [0.2, 0.25) is 10.0 Å². The highest BCUT2D eigenvalue weighted by Crippen LogP contribution is 2.43. The van der Waals surface area contributed by atoms with E-state index in [2.05, 4.69) is 4.72 Å². The van der Waals surface area contributed by atoms with Crippen LogP contribution in [0.5, 0.6) is 0 Å². The van der Waals surface area contributed by atoms with Crippen LogP contribution in [0.3, 0.4) is 0 Å². The molecular weight excluding hydrogens is 240 g/mol. The minimum atomic E-state index is -3.31.